The molecule has 2 heterocycles. The van der Waals surface area contributed by atoms with Crippen molar-refractivity contribution < 1.29 is 78.8 Å². The summed E-state index contributed by atoms with van der Waals surface area (Å²) in [6.45, 7) is -1.83. The molecular formula is C22H29N3O16. The van der Waals surface area contributed by atoms with Gasteiger partial charge in [0.25, 0.3) is 0 Å². The summed E-state index contributed by atoms with van der Waals surface area (Å²) in [5.74, 6) is -11.5. The van der Waals surface area contributed by atoms with Gasteiger partial charge in [-0.2, -0.15) is 0 Å². The molecule has 19 heteroatoms. The van der Waals surface area contributed by atoms with Gasteiger partial charge in [0.15, 0.2) is 5.60 Å². The smallest absolute Gasteiger partial charge is 0.357 e. The van der Waals surface area contributed by atoms with E-state index in [2.05, 4.69) is 5.32 Å². The lowest BCUT2D eigenvalue weighted by molar-refractivity contribution is -0.188. The summed E-state index contributed by atoms with van der Waals surface area (Å²) >= 11 is 0. The Bertz CT molecular complexity index is 1140. The fourth-order valence-corrected chi connectivity index (χ4v) is 4.45. The normalized spacial score (nSPS) is 24.5. The van der Waals surface area contributed by atoms with Crippen molar-refractivity contribution in [2.45, 2.75) is 68.0 Å². The standard InChI is InChI=1S/C22H29N3O16/c26-12(23-6-3-11(16(30)31)25-14(28)2-5-22(25,40)19(36)37)9-20(38,17(32)33)10-15(29)41-8-7-24-13(27)1-4-21(24,39)18(34)35/h11,38-40H,1-10H2,(H,23,26)(H,30,31)(H,32,33)(H,34,35)(H,36,37)/t11?,20-,21?,22?/m1/s1. The molecule has 0 aromatic carbocycles. The van der Waals surface area contributed by atoms with Gasteiger partial charge in [-0.25, -0.2) is 19.2 Å². The molecule has 2 rings (SSSR count). The molecule has 2 aliphatic heterocycles. The van der Waals surface area contributed by atoms with Crippen molar-refractivity contribution in [3.8, 4) is 0 Å². The number of likely N-dealkylation sites (tertiary alicyclic amines) is 2. The molecule has 0 aliphatic carbocycles. The van der Waals surface area contributed by atoms with Crippen molar-refractivity contribution in [3.63, 3.8) is 0 Å². The van der Waals surface area contributed by atoms with E-state index in [1.807, 2.05) is 0 Å². The molecule has 2 saturated heterocycles. The number of rotatable bonds is 15. The van der Waals surface area contributed by atoms with E-state index < -0.39 is 129 Å². The van der Waals surface area contributed by atoms with E-state index in [0.29, 0.717) is 4.90 Å². The molecule has 4 atom stereocenters. The van der Waals surface area contributed by atoms with Crippen molar-refractivity contribution in [2.24, 2.45) is 0 Å². The first-order valence-electron chi connectivity index (χ1n) is 12.0. The molecule has 0 aromatic heterocycles. The first-order chi connectivity index (χ1) is 18.9. The molecule has 0 bridgehead atoms. The number of aliphatic hydroxyl groups is 3. The van der Waals surface area contributed by atoms with Gasteiger partial charge in [-0.15, -0.1) is 0 Å². The van der Waals surface area contributed by atoms with E-state index in [1.54, 1.807) is 0 Å². The number of hydrogen-bond donors (Lipinski definition) is 8. The van der Waals surface area contributed by atoms with Gasteiger partial charge in [0, 0.05) is 32.2 Å². The van der Waals surface area contributed by atoms with Gasteiger partial charge in [-0.3, -0.25) is 24.1 Å². The molecule has 41 heavy (non-hydrogen) atoms. The summed E-state index contributed by atoms with van der Waals surface area (Å²) in [7, 11) is 0. The third kappa shape index (κ3) is 7.05. The zero-order valence-electron chi connectivity index (χ0n) is 21.3. The van der Waals surface area contributed by atoms with Crippen molar-refractivity contribution >= 4 is 47.6 Å². The van der Waals surface area contributed by atoms with E-state index in [0.717, 1.165) is 0 Å². The molecule has 2 aliphatic rings. The number of nitrogens with one attached hydrogen (secondary N) is 1. The second-order valence-electron chi connectivity index (χ2n) is 9.46. The van der Waals surface area contributed by atoms with Crippen LogP contribution in [0.1, 0.15) is 44.9 Å². The van der Waals surface area contributed by atoms with E-state index in [4.69, 9.17) is 9.84 Å². The SMILES string of the molecule is O=C(C[C@@](O)(CC(=O)OCCN1C(=O)CCC1(O)C(=O)O)C(=O)O)NCCC(C(=O)O)N1C(=O)CCC1(O)C(=O)O. The highest BCUT2D eigenvalue weighted by Crippen LogP contribution is 2.31. The number of carbonyl (C=O) groups is 8. The zero-order valence-corrected chi connectivity index (χ0v) is 21.3. The lowest BCUT2D eigenvalue weighted by Crippen LogP contribution is -2.59. The Kier molecular flexibility index (Phi) is 9.96. The van der Waals surface area contributed by atoms with Gasteiger partial charge in [-0.05, 0) is 6.42 Å². The minimum atomic E-state index is -3.02. The van der Waals surface area contributed by atoms with Gasteiger partial charge in [0.05, 0.1) is 19.4 Å². The molecule has 19 nitrogen and oxygen atoms in total. The predicted molar refractivity (Wildman–Crippen MR) is 124 cm³/mol. The maximum Gasteiger partial charge on any atom is 0.357 e. The monoisotopic (exact) mass is 591 g/mol. The van der Waals surface area contributed by atoms with Crippen molar-refractivity contribution in [2.75, 3.05) is 19.7 Å². The maximum absolute atomic E-state index is 12.3. The lowest BCUT2D eigenvalue weighted by Gasteiger charge is -2.34. The summed E-state index contributed by atoms with van der Waals surface area (Å²) in [5.41, 5.74) is -8.33. The van der Waals surface area contributed by atoms with Crippen LogP contribution in [-0.2, 0) is 43.1 Å². The first-order valence-corrected chi connectivity index (χ1v) is 12.0. The largest absolute Gasteiger partial charge is 0.480 e. The topological polar surface area (TPSA) is 306 Å². The van der Waals surface area contributed by atoms with Gasteiger partial charge in [0.1, 0.15) is 12.6 Å². The molecule has 8 N–H and O–H groups in total. The zero-order chi connectivity index (χ0) is 31.3. The van der Waals surface area contributed by atoms with Crippen molar-refractivity contribution in [1.29, 1.82) is 0 Å². The van der Waals surface area contributed by atoms with E-state index in [1.165, 1.54) is 0 Å². The second kappa shape index (κ2) is 12.4. The summed E-state index contributed by atoms with van der Waals surface area (Å²) in [4.78, 5) is 95.1. The third-order valence-electron chi connectivity index (χ3n) is 6.68. The van der Waals surface area contributed by atoms with E-state index in [-0.39, 0.29) is 11.3 Å². The Labute approximate surface area is 229 Å². The Hall–Kier alpha value is -4.36. The van der Waals surface area contributed by atoms with Crippen LogP contribution in [-0.4, -0.2) is 136 Å². The third-order valence-corrected chi connectivity index (χ3v) is 6.68. The fraction of sp³-hybridized carbons (Fsp3) is 0.636. The van der Waals surface area contributed by atoms with Crippen molar-refractivity contribution in [3.05, 3.63) is 0 Å². The number of nitrogens with zero attached hydrogens (tertiary/aromatic N) is 2. The highest BCUT2D eigenvalue weighted by Gasteiger charge is 2.55. The summed E-state index contributed by atoms with van der Waals surface area (Å²) in [6.07, 6.45) is -4.85. The Morgan fingerprint density at radius 2 is 1.46 bits per heavy atom. The van der Waals surface area contributed by atoms with E-state index >= 15 is 0 Å². The van der Waals surface area contributed by atoms with Crippen LogP contribution in [0.3, 0.4) is 0 Å². The molecule has 0 spiro atoms. The number of carboxylic acids is 4. The molecule has 3 unspecified atom stereocenters. The lowest BCUT2D eigenvalue weighted by atomic mass is 9.95. The molecule has 0 radical (unpaired) electrons. The molecule has 0 aromatic rings. The predicted octanol–water partition coefficient (Wildman–Crippen LogP) is -4.12. The summed E-state index contributed by atoms with van der Waals surface area (Å²) < 4.78 is 4.73. The number of carbonyl (C=O) groups excluding carboxylic acids is 4. The van der Waals surface area contributed by atoms with Crippen LogP contribution < -0.4 is 5.32 Å². The van der Waals surface area contributed by atoms with Crippen LogP contribution in [0.4, 0.5) is 0 Å². The van der Waals surface area contributed by atoms with Crippen molar-refractivity contribution in [1.82, 2.24) is 15.1 Å². The Morgan fingerprint density at radius 1 is 0.902 bits per heavy atom. The molecule has 3 amide bonds. The van der Waals surface area contributed by atoms with Crippen LogP contribution in [0.25, 0.3) is 0 Å². The average Bonchev–Trinajstić information content (AvgIpc) is 3.33. The van der Waals surface area contributed by atoms with Gasteiger partial charge < -0.3 is 50.7 Å². The summed E-state index contributed by atoms with van der Waals surface area (Å²) in [6, 6.07) is -1.89. The quantitative estimate of drug-likeness (QED) is 0.0838. The molecule has 2 fully saturated rings. The number of hydrogen-bond acceptors (Lipinski definition) is 12. The van der Waals surface area contributed by atoms with Crippen LogP contribution in [0.15, 0.2) is 0 Å². The van der Waals surface area contributed by atoms with Crippen LogP contribution in [0.2, 0.25) is 0 Å². The minimum absolute atomic E-state index is 0.264. The number of carboxylic acid groups (broad SMARTS) is 4. The maximum atomic E-state index is 12.3. The molecular weight excluding hydrogens is 562 g/mol. The Balaban J connectivity index is 1.94. The fourth-order valence-electron chi connectivity index (χ4n) is 4.45. The highest BCUT2D eigenvalue weighted by atomic mass is 16.5. The minimum Gasteiger partial charge on any atom is -0.480 e. The summed E-state index contributed by atoms with van der Waals surface area (Å²) in [5, 5.41) is 70.0. The van der Waals surface area contributed by atoms with Gasteiger partial charge >= 0.3 is 29.8 Å². The number of amides is 3. The average molecular weight is 591 g/mol. The first kappa shape index (κ1) is 32.8. The van der Waals surface area contributed by atoms with E-state index in [9.17, 15) is 69.0 Å². The second-order valence-corrected chi connectivity index (χ2v) is 9.46. The molecule has 228 valence electrons. The van der Waals surface area contributed by atoms with Crippen LogP contribution in [0, 0.1) is 0 Å². The molecule has 0 saturated carbocycles. The van der Waals surface area contributed by atoms with Gasteiger partial charge in [0.2, 0.25) is 29.2 Å². The number of ether oxygens (including phenoxy) is 1. The van der Waals surface area contributed by atoms with Gasteiger partial charge in [-0.1, -0.05) is 0 Å². The number of aliphatic carboxylic acids is 4. The van der Waals surface area contributed by atoms with Crippen LogP contribution >= 0.6 is 0 Å². The van der Waals surface area contributed by atoms with Crippen LogP contribution in [0.5, 0.6) is 0 Å². The highest BCUT2D eigenvalue weighted by molar-refractivity contribution is 5.93. The Morgan fingerprint density at radius 3 is 2.00 bits per heavy atom. The number of esters is 1.